The molecular weight excluding hydrogens is 180 g/mol. The van der Waals surface area contributed by atoms with Gasteiger partial charge in [0.05, 0.1) is 0 Å². The molecule has 1 aromatic heterocycles. The Morgan fingerprint density at radius 2 is 2.15 bits per heavy atom. The molecule has 7 nitrogen and oxygen atoms in total. The maximum absolute atomic E-state index is 10.3. The maximum Gasteiger partial charge on any atom is 0.406 e. The number of carbonyl (C=O) groups is 1. The number of aromatic hydroxyl groups is 1. The van der Waals surface area contributed by atoms with Crippen LogP contribution in [-0.4, -0.2) is 26.1 Å². The number of carboxylic acids is 1. The lowest BCUT2D eigenvalue weighted by Gasteiger charge is -1.94. The highest BCUT2D eigenvalue weighted by Gasteiger charge is 2.20. The molecule has 0 radical (unpaired) electrons. The van der Waals surface area contributed by atoms with Gasteiger partial charge in [0.2, 0.25) is 5.75 Å². The second kappa shape index (κ2) is 3.05. The monoisotopic (exact) mass is 184 g/mol. The van der Waals surface area contributed by atoms with E-state index in [9.17, 15) is 14.9 Å². The number of nitrogens with zero attached hydrogens (tertiary/aromatic N) is 2. The van der Waals surface area contributed by atoms with Crippen molar-refractivity contribution in [2.75, 3.05) is 0 Å². The minimum absolute atomic E-state index is 0.482. The molecule has 0 aromatic carbocycles. The van der Waals surface area contributed by atoms with Gasteiger partial charge in [-0.15, -0.1) is 0 Å². The molecule has 2 N–H and O–H groups in total. The Labute approximate surface area is 71.4 Å². The van der Waals surface area contributed by atoms with E-state index in [1.165, 1.54) is 0 Å². The van der Waals surface area contributed by atoms with Crippen molar-refractivity contribution in [3.8, 4) is 5.75 Å². The summed E-state index contributed by atoms with van der Waals surface area (Å²) >= 11 is 0. The van der Waals surface area contributed by atoms with E-state index in [1.807, 2.05) is 0 Å². The topological polar surface area (TPSA) is 114 Å². The maximum atomic E-state index is 10.3. The van der Waals surface area contributed by atoms with Crippen molar-refractivity contribution in [1.82, 2.24) is 4.98 Å². The standard InChI is InChI=1S/C6H4N2O5/c9-4-2-1-3(6(10)11)7-5(4)8(12)13/h1-2,9H,(H,10,11). The summed E-state index contributed by atoms with van der Waals surface area (Å²) in [5.41, 5.74) is -0.482. The lowest BCUT2D eigenvalue weighted by Crippen LogP contribution is -2.02. The van der Waals surface area contributed by atoms with Crippen molar-refractivity contribution in [3.05, 3.63) is 27.9 Å². The fourth-order valence-electron chi connectivity index (χ4n) is 0.695. The van der Waals surface area contributed by atoms with Gasteiger partial charge in [0, 0.05) is 6.07 Å². The van der Waals surface area contributed by atoms with Gasteiger partial charge in [-0.3, -0.25) is 0 Å². The number of nitro groups is 1. The van der Waals surface area contributed by atoms with Crippen LogP contribution in [0.2, 0.25) is 0 Å². The second-order valence-corrected chi connectivity index (χ2v) is 2.10. The van der Waals surface area contributed by atoms with Crippen LogP contribution in [0.15, 0.2) is 12.1 Å². The zero-order chi connectivity index (χ0) is 10.0. The van der Waals surface area contributed by atoms with Crippen molar-refractivity contribution >= 4 is 11.8 Å². The molecule has 0 amide bonds. The van der Waals surface area contributed by atoms with Gasteiger partial charge in [-0.05, 0) is 16.0 Å². The van der Waals surface area contributed by atoms with Crippen LogP contribution < -0.4 is 0 Å². The number of rotatable bonds is 2. The Morgan fingerprint density at radius 1 is 1.54 bits per heavy atom. The largest absolute Gasteiger partial charge is 0.501 e. The average molecular weight is 184 g/mol. The van der Waals surface area contributed by atoms with E-state index in [4.69, 9.17) is 10.2 Å². The molecule has 1 heterocycles. The minimum atomic E-state index is -1.39. The quantitative estimate of drug-likeness (QED) is 0.507. The molecule has 0 saturated heterocycles. The molecule has 0 saturated carbocycles. The van der Waals surface area contributed by atoms with E-state index in [1.54, 1.807) is 0 Å². The van der Waals surface area contributed by atoms with Gasteiger partial charge in [-0.1, -0.05) is 0 Å². The Kier molecular flexibility index (Phi) is 2.09. The van der Waals surface area contributed by atoms with E-state index in [0.29, 0.717) is 0 Å². The summed E-state index contributed by atoms with van der Waals surface area (Å²) in [6.45, 7) is 0. The zero-order valence-corrected chi connectivity index (χ0v) is 6.17. The first-order valence-corrected chi connectivity index (χ1v) is 3.10. The normalized spacial score (nSPS) is 9.54. The Hall–Kier alpha value is -2.18. The molecule has 0 atom stereocenters. The smallest absolute Gasteiger partial charge is 0.406 e. The first-order chi connectivity index (χ1) is 6.02. The fraction of sp³-hybridized carbons (Fsp3) is 0. The van der Waals surface area contributed by atoms with Crippen LogP contribution in [0, 0.1) is 10.1 Å². The highest BCUT2D eigenvalue weighted by molar-refractivity contribution is 5.85. The average Bonchev–Trinajstić information content (AvgIpc) is 2.04. The highest BCUT2D eigenvalue weighted by atomic mass is 16.6. The highest BCUT2D eigenvalue weighted by Crippen LogP contribution is 2.22. The number of carboxylic acid groups (broad SMARTS) is 1. The number of pyridine rings is 1. The number of hydrogen-bond acceptors (Lipinski definition) is 5. The summed E-state index contributed by atoms with van der Waals surface area (Å²) in [5.74, 6) is -2.90. The van der Waals surface area contributed by atoms with Crippen molar-refractivity contribution in [2.24, 2.45) is 0 Å². The van der Waals surface area contributed by atoms with Crippen molar-refractivity contribution < 1.29 is 19.9 Å². The summed E-state index contributed by atoms with van der Waals surface area (Å²) < 4.78 is 0. The van der Waals surface area contributed by atoms with Crippen LogP contribution in [0.1, 0.15) is 10.5 Å². The second-order valence-electron chi connectivity index (χ2n) is 2.10. The number of hydrogen-bond donors (Lipinski definition) is 2. The van der Waals surface area contributed by atoms with Gasteiger partial charge in [0.25, 0.3) is 5.69 Å². The third-order valence-corrected chi connectivity index (χ3v) is 1.25. The summed E-state index contributed by atoms with van der Waals surface area (Å²) in [7, 11) is 0. The van der Waals surface area contributed by atoms with Crippen LogP contribution in [0.25, 0.3) is 0 Å². The molecule has 0 aliphatic heterocycles. The Morgan fingerprint density at radius 3 is 2.62 bits per heavy atom. The molecule has 0 unspecified atom stereocenters. The van der Waals surface area contributed by atoms with Gasteiger partial charge < -0.3 is 20.3 Å². The summed E-state index contributed by atoms with van der Waals surface area (Å²) in [6, 6.07) is 1.89. The molecule has 1 aromatic rings. The van der Waals surface area contributed by atoms with E-state index < -0.39 is 28.2 Å². The van der Waals surface area contributed by atoms with Gasteiger partial charge >= 0.3 is 11.8 Å². The molecule has 13 heavy (non-hydrogen) atoms. The molecule has 1 rings (SSSR count). The minimum Gasteiger partial charge on any atom is -0.501 e. The van der Waals surface area contributed by atoms with Gasteiger partial charge in [0.15, 0.2) is 0 Å². The molecule has 0 aliphatic rings. The van der Waals surface area contributed by atoms with Crippen LogP contribution in [-0.2, 0) is 0 Å². The lowest BCUT2D eigenvalue weighted by molar-refractivity contribution is -0.390. The van der Waals surface area contributed by atoms with Gasteiger partial charge in [-0.2, -0.15) is 0 Å². The van der Waals surface area contributed by atoms with Crippen LogP contribution >= 0.6 is 0 Å². The van der Waals surface area contributed by atoms with Crippen molar-refractivity contribution in [1.29, 1.82) is 0 Å². The van der Waals surface area contributed by atoms with E-state index in [-0.39, 0.29) is 0 Å². The lowest BCUT2D eigenvalue weighted by atomic mass is 10.3. The summed E-state index contributed by atoms with van der Waals surface area (Å²) in [4.78, 5) is 22.7. The van der Waals surface area contributed by atoms with Gasteiger partial charge in [-0.25, -0.2) is 4.79 Å². The summed E-state index contributed by atoms with van der Waals surface area (Å²) in [5, 5.41) is 27.5. The molecule has 7 heteroatoms. The van der Waals surface area contributed by atoms with E-state index in [2.05, 4.69) is 4.98 Å². The first-order valence-electron chi connectivity index (χ1n) is 3.10. The van der Waals surface area contributed by atoms with Crippen LogP contribution in [0.5, 0.6) is 5.75 Å². The SMILES string of the molecule is O=C(O)c1ccc(O)c([N+](=O)[O-])n1. The molecule has 0 fully saturated rings. The van der Waals surface area contributed by atoms with Crippen molar-refractivity contribution in [3.63, 3.8) is 0 Å². The third-order valence-electron chi connectivity index (χ3n) is 1.25. The molecular formula is C6H4N2O5. The fourth-order valence-corrected chi connectivity index (χ4v) is 0.695. The van der Waals surface area contributed by atoms with Crippen molar-refractivity contribution in [2.45, 2.75) is 0 Å². The van der Waals surface area contributed by atoms with E-state index in [0.717, 1.165) is 12.1 Å². The molecule has 68 valence electrons. The predicted octanol–water partition coefficient (Wildman–Crippen LogP) is 0.394. The predicted molar refractivity (Wildman–Crippen MR) is 39.5 cm³/mol. The van der Waals surface area contributed by atoms with Crippen LogP contribution in [0.4, 0.5) is 5.82 Å². The summed E-state index contributed by atoms with van der Waals surface area (Å²) in [6.07, 6.45) is 0. The number of aromatic carboxylic acids is 1. The first kappa shape index (κ1) is 8.91. The molecule has 0 aliphatic carbocycles. The Balaban J connectivity index is 3.27. The molecule has 0 bridgehead atoms. The van der Waals surface area contributed by atoms with Gasteiger partial charge in [0.1, 0.15) is 0 Å². The zero-order valence-electron chi connectivity index (χ0n) is 6.17. The van der Waals surface area contributed by atoms with Crippen LogP contribution in [0.3, 0.4) is 0 Å². The molecule has 0 spiro atoms. The third kappa shape index (κ3) is 1.70. The Bertz CT molecular complexity index is 375. The van der Waals surface area contributed by atoms with E-state index >= 15 is 0 Å². The number of aromatic nitrogens is 1.